The first-order valence-corrected chi connectivity index (χ1v) is 6.46. The molecule has 4 nitrogen and oxygen atoms in total. The molecule has 0 spiro atoms. The molecule has 1 aromatic rings. The summed E-state index contributed by atoms with van der Waals surface area (Å²) in [7, 11) is 1.82. The molecule has 98 valence electrons. The molecule has 0 atom stereocenters. The molecule has 2 rings (SSSR count). The Kier molecular flexibility index (Phi) is 3.28. The van der Waals surface area contributed by atoms with Crippen molar-refractivity contribution in [3.8, 4) is 0 Å². The number of hydrogen-bond donors (Lipinski definition) is 2. The standard InChI is InChI=1S/C14H21N3O/c1-9(2)11-7-10(8-12(15-4)16-11)13(18)17-14(3)5-6-14/h7-9H,5-6H2,1-4H3,(H,15,16)(H,17,18). The van der Waals surface area contributed by atoms with Gasteiger partial charge in [-0.1, -0.05) is 13.8 Å². The molecule has 4 heteroatoms. The van der Waals surface area contributed by atoms with Crippen molar-refractivity contribution in [3.63, 3.8) is 0 Å². The lowest BCUT2D eigenvalue weighted by Gasteiger charge is -2.14. The summed E-state index contributed by atoms with van der Waals surface area (Å²) in [5, 5.41) is 6.07. The molecule has 0 bridgehead atoms. The summed E-state index contributed by atoms with van der Waals surface area (Å²) in [4.78, 5) is 16.6. The van der Waals surface area contributed by atoms with Crippen LogP contribution in [-0.4, -0.2) is 23.5 Å². The molecule has 0 unspecified atom stereocenters. The lowest BCUT2D eigenvalue weighted by molar-refractivity contribution is 0.0935. The Bertz CT molecular complexity index is 464. The van der Waals surface area contributed by atoms with Crippen LogP contribution in [0.15, 0.2) is 12.1 Å². The minimum atomic E-state index is -0.00389. The summed E-state index contributed by atoms with van der Waals surface area (Å²) in [6.45, 7) is 6.23. The van der Waals surface area contributed by atoms with Crippen LogP contribution in [-0.2, 0) is 0 Å². The number of aromatic nitrogens is 1. The fourth-order valence-electron chi connectivity index (χ4n) is 1.77. The molecule has 1 fully saturated rings. The Balaban J connectivity index is 2.25. The molecular formula is C14H21N3O. The van der Waals surface area contributed by atoms with Gasteiger partial charge >= 0.3 is 0 Å². The largest absolute Gasteiger partial charge is 0.373 e. The number of carbonyl (C=O) groups excluding carboxylic acids is 1. The predicted molar refractivity (Wildman–Crippen MR) is 73.0 cm³/mol. The van der Waals surface area contributed by atoms with Crippen LogP contribution in [0.1, 0.15) is 55.6 Å². The van der Waals surface area contributed by atoms with Gasteiger partial charge in [0.2, 0.25) is 0 Å². The predicted octanol–water partition coefficient (Wildman–Crippen LogP) is 2.53. The van der Waals surface area contributed by atoms with Crippen molar-refractivity contribution < 1.29 is 4.79 Å². The minimum absolute atomic E-state index is 0.00389. The second kappa shape index (κ2) is 4.59. The van der Waals surface area contributed by atoms with E-state index in [1.165, 1.54) is 0 Å². The van der Waals surface area contributed by atoms with Crippen molar-refractivity contribution in [1.29, 1.82) is 0 Å². The van der Waals surface area contributed by atoms with Crippen molar-refractivity contribution in [2.45, 2.75) is 45.1 Å². The summed E-state index contributed by atoms with van der Waals surface area (Å²) in [6.07, 6.45) is 2.14. The molecule has 2 N–H and O–H groups in total. The summed E-state index contributed by atoms with van der Waals surface area (Å²) < 4.78 is 0. The maximum Gasteiger partial charge on any atom is 0.251 e. The fraction of sp³-hybridized carbons (Fsp3) is 0.571. The molecule has 0 aliphatic heterocycles. The van der Waals surface area contributed by atoms with Gasteiger partial charge in [-0.15, -0.1) is 0 Å². The van der Waals surface area contributed by atoms with Crippen molar-refractivity contribution >= 4 is 11.7 Å². The maximum atomic E-state index is 12.2. The van der Waals surface area contributed by atoms with Gasteiger partial charge in [-0.3, -0.25) is 4.79 Å². The van der Waals surface area contributed by atoms with E-state index in [9.17, 15) is 4.79 Å². The molecular weight excluding hydrogens is 226 g/mol. The van der Waals surface area contributed by atoms with Gasteiger partial charge in [-0.2, -0.15) is 0 Å². The fourth-order valence-corrected chi connectivity index (χ4v) is 1.77. The van der Waals surface area contributed by atoms with Gasteiger partial charge in [0.1, 0.15) is 5.82 Å². The number of rotatable bonds is 4. The topological polar surface area (TPSA) is 54.0 Å². The van der Waals surface area contributed by atoms with Crippen LogP contribution in [0, 0.1) is 0 Å². The van der Waals surface area contributed by atoms with Crippen LogP contribution >= 0.6 is 0 Å². The number of nitrogens with one attached hydrogen (secondary N) is 2. The first kappa shape index (κ1) is 12.9. The first-order valence-electron chi connectivity index (χ1n) is 6.46. The van der Waals surface area contributed by atoms with Crippen LogP contribution in [0.5, 0.6) is 0 Å². The number of pyridine rings is 1. The highest BCUT2D eigenvalue weighted by atomic mass is 16.1. The van der Waals surface area contributed by atoms with Crippen molar-refractivity contribution in [2.24, 2.45) is 0 Å². The van der Waals surface area contributed by atoms with E-state index < -0.39 is 0 Å². The third-order valence-electron chi connectivity index (χ3n) is 3.37. The highest BCUT2D eigenvalue weighted by molar-refractivity contribution is 5.95. The van der Waals surface area contributed by atoms with Gasteiger partial charge in [-0.25, -0.2) is 4.98 Å². The number of carbonyl (C=O) groups is 1. The lowest BCUT2D eigenvalue weighted by Crippen LogP contribution is -2.34. The number of nitrogens with zero attached hydrogens (tertiary/aromatic N) is 1. The molecule has 1 amide bonds. The summed E-state index contributed by atoms with van der Waals surface area (Å²) in [5.74, 6) is 1.05. The SMILES string of the molecule is CNc1cc(C(=O)NC2(C)CC2)cc(C(C)C)n1. The number of hydrogen-bond acceptors (Lipinski definition) is 3. The van der Waals surface area contributed by atoms with Crippen LogP contribution < -0.4 is 10.6 Å². The van der Waals surface area contributed by atoms with Gasteiger partial charge in [0.05, 0.1) is 0 Å². The zero-order valence-electron chi connectivity index (χ0n) is 11.5. The van der Waals surface area contributed by atoms with Crippen LogP contribution in [0.4, 0.5) is 5.82 Å². The van der Waals surface area contributed by atoms with E-state index in [0.29, 0.717) is 11.5 Å². The quantitative estimate of drug-likeness (QED) is 0.859. The van der Waals surface area contributed by atoms with Gasteiger partial charge in [0, 0.05) is 23.8 Å². The Labute approximate surface area is 108 Å². The Morgan fingerprint density at radius 3 is 2.56 bits per heavy atom. The zero-order chi connectivity index (χ0) is 13.3. The summed E-state index contributed by atoms with van der Waals surface area (Å²) in [6, 6.07) is 3.68. The van der Waals surface area contributed by atoms with E-state index in [4.69, 9.17) is 0 Å². The number of amides is 1. The Morgan fingerprint density at radius 1 is 1.39 bits per heavy atom. The third-order valence-corrected chi connectivity index (χ3v) is 3.37. The molecule has 1 aliphatic carbocycles. The van der Waals surface area contributed by atoms with Crippen LogP contribution in [0.3, 0.4) is 0 Å². The molecule has 1 aromatic heterocycles. The van der Waals surface area contributed by atoms with Crippen molar-refractivity contribution in [2.75, 3.05) is 12.4 Å². The highest BCUT2D eigenvalue weighted by Crippen LogP contribution is 2.34. The second-order valence-corrected chi connectivity index (χ2v) is 5.59. The zero-order valence-corrected chi connectivity index (χ0v) is 11.5. The molecule has 1 aliphatic rings. The minimum Gasteiger partial charge on any atom is -0.373 e. The van der Waals surface area contributed by atoms with Crippen molar-refractivity contribution in [3.05, 3.63) is 23.4 Å². The van der Waals surface area contributed by atoms with E-state index in [1.807, 2.05) is 13.1 Å². The molecule has 1 saturated carbocycles. The van der Waals surface area contributed by atoms with E-state index in [-0.39, 0.29) is 11.4 Å². The van der Waals surface area contributed by atoms with E-state index in [0.717, 1.165) is 24.4 Å². The third kappa shape index (κ3) is 2.81. The average molecular weight is 247 g/mol. The highest BCUT2D eigenvalue weighted by Gasteiger charge is 2.38. The van der Waals surface area contributed by atoms with Crippen LogP contribution in [0.25, 0.3) is 0 Å². The second-order valence-electron chi connectivity index (χ2n) is 5.59. The van der Waals surface area contributed by atoms with E-state index in [1.54, 1.807) is 6.07 Å². The van der Waals surface area contributed by atoms with E-state index >= 15 is 0 Å². The lowest BCUT2D eigenvalue weighted by atomic mass is 10.1. The molecule has 18 heavy (non-hydrogen) atoms. The van der Waals surface area contributed by atoms with Gasteiger partial charge in [-0.05, 0) is 37.8 Å². The monoisotopic (exact) mass is 247 g/mol. The van der Waals surface area contributed by atoms with Crippen LogP contribution in [0.2, 0.25) is 0 Å². The van der Waals surface area contributed by atoms with Gasteiger partial charge in [0.15, 0.2) is 0 Å². The van der Waals surface area contributed by atoms with Gasteiger partial charge in [0.25, 0.3) is 5.91 Å². The normalized spacial score (nSPS) is 16.5. The van der Waals surface area contributed by atoms with Gasteiger partial charge < -0.3 is 10.6 Å². The smallest absolute Gasteiger partial charge is 0.251 e. The molecule has 0 saturated heterocycles. The Hall–Kier alpha value is -1.58. The van der Waals surface area contributed by atoms with E-state index in [2.05, 4.69) is 36.4 Å². The molecule has 1 heterocycles. The Morgan fingerprint density at radius 2 is 2.06 bits per heavy atom. The maximum absolute atomic E-state index is 12.2. The summed E-state index contributed by atoms with van der Waals surface area (Å²) >= 11 is 0. The molecule has 0 radical (unpaired) electrons. The number of anilines is 1. The first-order chi connectivity index (χ1) is 8.43. The summed E-state index contributed by atoms with van der Waals surface area (Å²) in [5.41, 5.74) is 1.64. The average Bonchev–Trinajstić information content (AvgIpc) is 3.06. The van der Waals surface area contributed by atoms with Crippen molar-refractivity contribution in [1.82, 2.24) is 10.3 Å². The molecule has 0 aromatic carbocycles.